The van der Waals surface area contributed by atoms with Crippen LogP contribution in [0.25, 0.3) is 0 Å². The first-order chi connectivity index (χ1) is 13.4. The molecular formula is C26H39N. The van der Waals surface area contributed by atoms with E-state index >= 15 is 0 Å². The maximum atomic E-state index is 3.92. The Balaban J connectivity index is 1.66. The number of anilines is 1. The molecule has 2 saturated carbocycles. The molecule has 2 unspecified atom stereocenters. The van der Waals surface area contributed by atoms with Crippen LogP contribution in [0.3, 0.4) is 0 Å². The molecule has 2 atom stereocenters. The van der Waals surface area contributed by atoms with Crippen molar-refractivity contribution in [2.75, 3.05) is 5.32 Å². The Morgan fingerprint density at radius 2 is 1.04 bits per heavy atom. The van der Waals surface area contributed by atoms with E-state index in [-0.39, 0.29) is 0 Å². The molecule has 148 valence electrons. The van der Waals surface area contributed by atoms with Gasteiger partial charge < -0.3 is 5.32 Å². The third-order valence-corrected chi connectivity index (χ3v) is 6.65. The summed E-state index contributed by atoms with van der Waals surface area (Å²) in [5.74, 6) is 1.81. The second-order valence-electron chi connectivity index (χ2n) is 8.65. The van der Waals surface area contributed by atoms with E-state index in [0.29, 0.717) is 6.04 Å². The molecule has 0 heterocycles. The van der Waals surface area contributed by atoms with E-state index in [1.54, 1.807) is 0 Å². The average molecular weight is 366 g/mol. The van der Waals surface area contributed by atoms with Gasteiger partial charge in [-0.05, 0) is 36.8 Å². The zero-order valence-corrected chi connectivity index (χ0v) is 17.1. The summed E-state index contributed by atoms with van der Waals surface area (Å²) >= 11 is 0. The quantitative estimate of drug-likeness (QED) is 0.573. The molecule has 1 nitrogen and oxygen atoms in total. The smallest absolute Gasteiger partial charge is 0.0342 e. The van der Waals surface area contributed by atoms with Gasteiger partial charge in [0.2, 0.25) is 0 Å². The molecule has 1 heteroatoms. The van der Waals surface area contributed by atoms with Crippen LogP contribution >= 0.6 is 0 Å². The summed E-state index contributed by atoms with van der Waals surface area (Å²) in [5.41, 5.74) is 1.26. The van der Waals surface area contributed by atoms with Gasteiger partial charge in [-0.1, -0.05) is 113 Å². The van der Waals surface area contributed by atoms with Crippen LogP contribution in [0.4, 0.5) is 5.69 Å². The van der Waals surface area contributed by atoms with Gasteiger partial charge in [0.15, 0.2) is 0 Å². The second kappa shape index (κ2) is 12.1. The average Bonchev–Trinajstić information content (AvgIpc) is 3.11. The van der Waals surface area contributed by atoms with Crippen LogP contribution in [0.1, 0.15) is 83.5 Å². The van der Waals surface area contributed by atoms with Crippen LogP contribution in [0.5, 0.6) is 0 Å². The lowest BCUT2D eigenvalue weighted by atomic mass is 9.81. The SMILES string of the molecule is c1ccccc(NC2CCCC2C2CCCCCCCCCC2)cccc1. The van der Waals surface area contributed by atoms with E-state index < -0.39 is 0 Å². The largest absolute Gasteiger partial charge is 0.382 e. The van der Waals surface area contributed by atoms with E-state index in [2.05, 4.69) is 59.9 Å². The Kier molecular flexibility index (Phi) is 9.04. The van der Waals surface area contributed by atoms with Crippen molar-refractivity contribution in [2.24, 2.45) is 11.8 Å². The Labute approximate surface area is 167 Å². The summed E-state index contributed by atoms with van der Waals surface area (Å²) in [6.07, 6.45) is 18.8. The number of nitrogens with one attached hydrogen (secondary N) is 1. The van der Waals surface area contributed by atoms with Crippen molar-refractivity contribution >= 4 is 5.69 Å². The fraction of sp³-hybridized carbons (Fsp3) is 0.615. The number of hydrogen-bond acceptors (Lipinski definition) is 1. The monoisotopic (exact) mass is 365 g/mol. The van der Waals surface area contributed by atoms with Crippen LogP contribution in [0.2, 0.25) is 0 Å². The first-order valence-corrected chi connectivity index (χ1v) is 11.6. The lowest BCUT2D eigenvalue weighted by Crippen LogP contribution is -2.30. The van der Waals surface area contributed by atoms with Gasteiger partial charge in [-0.3, -0.25) is 0 Å². The van der Waals surface area contributed by atoms with Crippen molar-refractivity contribution in [3.63, 3.8) is 0 Å². The fourth-order valence-electron chi connectivity index (χ4n) is 5.18. The maximum absolute atomic E-state index is 3.92. The summed E-state index contributed by atoms with van der Waals surface area (Å²) < 4.78 is 0. The van der Waals surface area contributed by atoms with Gasteiger partial charge in [0.25, 0.3) is 0 Å². The van der Waals surface area contributed by atoms with Crippen LogP contribution in [-0.4, -0.2) is 6.04 Å². The highest BCUT2D eigenvalue weighted by atomic mass is 14.9. The van der Waals surface area contributed by atoms with Gasteiger partial charge in [0.05, 0.1) is 0 Å². The van der Waals surface area contributed by atoms with Gasteiger partial charge >= 0.3 is 0 Å². The van der Waals surface area contributed by atoms with E-state index in [0.717, 1.165) is 11.8 Å². The van der Waals surface area contributed by atoms with Crippen LogP contribution in [-0.2, 0) is 0 Å². The highest BCUT2D eigenvalue weighted by molar-refractivity contribution is 5.42. The molecule has 1 aromatic rings. The maximum Gasteiger partial charge on any atom is 0.0342 e. The minimum absolute atomic E-state index is 0.659. The molecule has 0 aliphatic heterocycles. The van der Waals surface area contributed by atoms with Gasteiger partial charge in [0.1, 0.15) is 0 Å². The van der Waals surface area contributed by atoms with Crippen molar-refractivity contribution in [1.29, 1.82) is 0 Å². The highest BCUT2D eigenvalue weighted by Gasteiger charge is 2.33. The first-order valence-electron chi connectivity index (χ1n) is 11.6. The molecule has 2 aliphatic rings. The van der Waals surface area contributed by atoms with Gasteiger partial charge in [0, 0.05) is 11.7 Å². The topological polar surface area (TPSA) is 12.0 Å². The third-order valence-electron chi connectivity index (χ3n) is 6.65. The Bertz CT molecular complexity index is 543. The molecule has 2 fully saturated rings. The molecule has 0 saturated heterocycles. The minimum atomic E-state index is 0.659. The molecule has 3 rings (SSSR count). The van der Waals surface area contributed by atoms with E-state index in [1.165, 1.54) is 89.2 Å². The van der Waals surface area contributed by atoms with Crippen molar-refractivity contribution in [3.05, 3.63) is 54.6 Å². The summed E-state index contributed by atoms with van der Waals surface area (Å²) in [7, 11) is 0. The summed E-state index contributed by atoms with van der Waals surface area (Å²) in [5, 5.41) is 3.92. The summed E-state index contributed by atoms with van der Waals surface area (Å²) in [6.45, 7) is 0. The van der Waals surface area contributed by atoms with Gasteiger partial charge in [-0.25, -0.2) is 0 Å². The second-order valence-corrected chi connectivity index (χ2v) is 8.65. The van der Waals surface area contributed by atoms with Crippen LogP contribution in [0.15, 0.2) is 54.6 Å². The van der Waals surface area contributed by atoms with E-state index in [9.17, 15) is 0 Å². The minimum Gasteiger partial charge on any atom is -0.382 e. The number of hydrogen-bond donors (Lipinski definition) is 1. The van der Waals surface area contributed by atoms with Crippen molar-refractivity contribution < 1.29 is 0 Å². The molecule has 0 bridgehead atoms. The Morgan fingerprint density at radius 3 is 1.63 bits per heavy atom. The predicted octanol–water partition coefficient (Wildman–Crippen LogP) is 7.92. The molecule has 0 radical (unpaired) electrons. The third kappa shape index (κ3) is 7.20. The molecule has 0 aromatic heterocycles. The molecular weight excluding hydrogens is 326 g/mol. The standard InChI is InChI=1S/C26H39N/c1-2-5-9-13-18-23(17-12-8-4-1)25-21-16-22-26(25)27-24-19-14-10-6-3-7-11-15-20-24/h3,6-7,10-11,14-15,19-20,23,25-27H,1-2,4-5,8-9,12-13,16-18,21-22H2. The van der Waals surface area contributed by atoms with Gasteiger partial charge in [-0.15, -0.1) is 0 Å². The normalized spacial score (nSPS) is 25.2. The lowest BCUT2D eigenvalue weighted by Gasteiger charge is -2.30. The molecule has 27 heavy (non-hydrogen) atoms. The molecule has 1 aromatic carbocycles. The van der Waals surface area contributed by atoms with E-state index in [1.807, 2.05) is 0 Å². The Hall–Kier alpha value is -1.50. The van der Waals surface area contributed by atoms with Crippen molar-refractivity contribution in [2.45, 2.75) is 89.5 Å². The molecule has 2 aliphatic carbocycles. The van der Waals surface area contributed by atoms with Crippen molar-refractivity contribution in [3.8, 4) is 0 Å². The zero-order valence-electron chi connectivity index (χ0n) is 17.1. The van der Waals surface area contributed by atoms with Crippen molar-refractivity contribution in [1.82, 2.24) is 0 Å². The number of rotatable bonds is 3. The molecule has 0 spiro atoms. The first kappa shape index (κ1) is 20.2. The highest BCUT2D eigenvalue weighted by Crippen LogP contribution is 2.39. The molecule has 0 amide bonds. The zero-order chi connectivity index (χ0) is 18.6. The predicted molar refractivity (Wildman–Crippen MR) is 118 cm³/mol. The summed E-state index contributed by atoms with van der Waals surface area (Å²) in [6, 6.07) is 19.9. The van der Waals surface area contributed by atoms with E-state index in [4.69, 9.17) is 0 Å². The molecule has 1 N–H and O–H groups in total. The Morgan fingerprint density at radius 1 is 0.519 bits per heavy atom. The van der Waals surface area contributed by atoms with Gasteiger partial charge in [-0.2, -0.15) is 0 Å². The van der Waals surface area contributed by atoms with Crippen LogP contribution < -0.4 is 5.32 Å². The lowest BCUT2D eigenvalue weighted by molar-refractivity contribution is 0.270. The van der Waals surface area contributed by atoms with Crippen LogP contribution in [0, 0.1) is 11.8 Å². The fourth-order valence-corrected chi connectivity index (χ4v) is 5.18. The summed E-state index contributed by atoms with van der Waals surface area (Å²) in [4.78, 5) is 0.